The van der Waals surface area contributed by atoms with E-state index < -0.39 is 35.1 Å². The molecule has 0 saturated carbocycles. The lowest BCUT2D eigenvalue weighted by molar-refractivity contribution is -0.148. The molecule has 3 fully saturated rings. The zero-order valence-corrected chi connectivity index (χ0v) is 28.0. The monoisotopic (exact) mass is 647 g/mol. The Labute approximate surface area is 283 Å². The van der Waals surface area contributed by atoms with Crippen LogP contribution in [-0.4, -0.2) is 70.7 Å². The quantitative estimate of drug-likeness (QED) is 0.266. The zero-order valence-electron chi connectivity index (χ0n) is 28.0. The number of rotatable bonds is 12. The first-order valence-corrected chi connectivity index (χ1v) is 16.7. The maximum absolute atomic E-state index is 15.2. The highest BCUT2D eigenvalue weighted by Crippen LogP contribution is 2.64. The zero-order chi connectivity index (χ0) is 34.2. The molecule has 3 aliphatic heterocycles. The van der Waals surface area contributed by atoms with Crippen LogP contribution in [0.2, 0.25) is 0 Å². The number of aryl methyl sites for hydroxylation is 2. The molecule has 2 bridgehead atoms. The minimum atomic E-state index is -1.26. The van der Waals surface area contributed by atoms with Gasteiger partial charge in [0.15, 0.2) is 0 Å². The van der Waals surface area contributed by atoms with E-state index >= 15 is 9.59 Å². The molecule has 3 saturated heterocycles. The van der Waals surface area contributed by atoms with Gasteiger partial charge < -0.3 is 24.5 Å². The van der Waals surface area contributed by atoms with Crippen molar-refractivity contribution in [2.75, 3.05) is 29.5 Å². The molecule has 2 unspecified atom stereocenters. The highest BCUT2D eigenvalue weighted by molar-refractivity contribution is 6.07. The SMILES string of the molecule is C=CCN(C(=O)[C@@H]1[C@H]2C(=O)N([C@@H](CO)Cc3ccccc3)C(C(=O)N(CC=C)c3c(C)cccc3C)C23CC[C@@]1(C)O3)c1ccccc1. The fraction of sp³-hybridized carbons (Fsp3) is 0.375. The fourth-order valence-electron chi connectivity index (χ4n) is 8.58. The minimum Gasteiger partial charge on any atom is -0.394 e. The molecule has 8 nitrogen and oxygen atoms in total. The van der Waals surface area contributed by atoms with Gasteiger partial charge in [-0.25, -0.2) is 0 Å². The Morgan fingerprint density at radius 2 is 1.52 bits per heavy atom. The van der Waals surface area contributed by atoms with Gasteiger partial charge in [-0.2, -0.15) is 0 Å². The molecule has 6 rings (SSSR count). The smallest absolute Gasteiger partial charge is 0.253 e. The largest absolute Gasteiger partial charge is 0.394 e. The van der Waals surface area contributed by atoms with E-state index in [-0.39, 0.29) is 37.4 Å². The van der Waals surface area contributed by atoms with Gasteiger partial charge in [-0.15, -0.1) is 13.2 Å². The van der Waals surface area contributed by atoms with Crippen molar-refractivity contribution in [3.8, 4) is 0 Å². The number of nitrogens with zero attached hydrogens (tertiary/aromatic N) is 3. The molecule has 250 valence electrons. The number of likely N-dealkylation sites (tertiary alicyclic amines) is 1. The number of carbonyl (C=O) groups excluding carboxylic acids is 3. The van der Waals surface area contributed by atoms with Crippen LogP contribution >= 0.6 is 0 Å². The van der Waals surface area contributed by atoms with E-state index in [9.17, 15) is 9.90 Å². The molecular weight excluding hydrogens is 602 g/mol. The van der Waals surface area contributed by atoms with Crippen molar-refractivity contribution in [3.05, 3.63) is 121 Å². The number of aliphatic hydroxyl groups excluding tert-OH is 1. The standard InChI is InChI=1S/C40H45N3O5/c1-6-23-41(30-19-12-9-13-20-30)36(45)32-33-37(46)43(31(26-44)25-29-17-10-8-11-18-29)35(40(33)22-21-39(32,5)48-40)38(47)42(24-7-2)34-27(3)15-14-16-28(34)4/h6-20,31-33,35,44H,1-2,21-26H2,3-5H3/t31-,32+,33+,35?,39-,40?/m1/s1. The van der Waals surface area contributed by atoms with Gasteiger partial charge in [-0.1, -0.05) is 78.9 Å². The van der Waals surface area contributed by atoms with E-state index in [1.165, 1.54) is 0 Å². The summed E-state index contributed by atoms with van der Waals surface area (Å²) in [6.45, 7) is 13.8. The van der Waals surface area contributed by atoms with E-state index in [2.05, 4.69) is 13.2 Å². The molecule has 0 radical (unpaired) electrons. The summed E-state index contributed by atoms with van der Waals surface area (Å²) in [5.41, 5.74) is 1.98. The number of hydrogen-bond donors (Lipinski definition) is 1. The number of amides is 3. The van der Waals surface area contributed by atoms with Crippen LogP contribution in [0, 0.1) is 25.7 Å². The summed E-state index contributed by atoms with van der Waals surface area (Å²) in [6.07, 6.45) is 4.63. The maximum atomic E-state index is 15.2. The van der Waals surface area contributed by atoms with Crippen molar-refractivity contribution in [2.24, 2.45) is 11.8 Å². The van der Waals surface area contributed by atoms with Crippen LogP contribution in [-0.2, 0) is 25.5 Å². The normalized spacial score (nSPS) is 26.2. The average Bonchev–Trinajstić information content (AvgIpc) is 3.66. The molecule has 0 aliphatic carbocycles. The van der Waals surface area contributed by atoms with Crippen LogP contribution in [0.1, 0.15) is 36.5 Å². The highest BCUT2D eigenvalue weighted by atomic mass is 16.5. The molecule has 3 aliphatic rings. The lowest BCUT2D eigenvalue weighted by Gasteiger charge is -2.40. The van der Waals surface area contributed by atoms with E-state index in [0.29, 0.717) is 24.9 Å². The van der Waals surface area contributed by atoms with E-state index in [0.717, 1.165) is 22.4 Å². The van der Waals surface area contributed by atoms with Gasteiger partial charge in [0.25, 0.3) is 5.91 Å². The van der Waals surface area contributed by atoms with E-state index in [1.807, 2.05) is 99.6 Å². The third kappa shape index (κ3) is 5.37. The van der Waals surface area contributed by atoms with Crippen LogP contribution in [0.15, 0.2) is 104 Å². The molecule has 3 amide bonds. The lowest BCUT2D eigenvalue weighted by Crippen LogP contribution is -2.59. The molecule has 3 aromatic carbocycles. The molecule has 3 heterocycles. The first-order chi connectivity index (χ1) is 23.1. The van der Waals surface area contributed by atoms with Crippen molar-refractivity contribution in [1.29, 1.82) is 0 Å². The summed E-state index contributed by atoms with van der Waals surface area (Å²) in [6, 6.07) is 23.1. The number of anilines is 2. The topological polar surface area (TPSA) is 90.4 Å². The summed E-state index contributed by atoms with van der Waals surface area (Å²) in [5, 5.41) is 10.9. The molecular formula is C40H45N3O5. The average molecular weight is 648 g/mol. The second-order valence-electron chi connectivity index (χ2n) is 13.6. The Balaban J connectivity index is 1.50. The first-order valence-electron chi connectivity index (χ1n) is 16.7. The summed E-state index contributed by atoms with van der Waals surface area (Å²) in [4.78, 5) is 50.0. The van der Waals surface area contributed by atoms with Crippen molar-refractivity contribution >= 4 is 29.1 Å². The van der Waals surface area contributed by atoms with Crippen LogP contribution < -0.4 is 9.80 Å². The molecule has 48 heavy (non-hydrogen) atoms. The lowest BCUT2D eigenvalue weighted by atomic mass is 9.66. The second kappa shape index (κ2) is 13.2. The Hall–Kier alpha value is -4.53. The number of hydrogen-bond acceptors (Lipinski definition) is 5. The predicted molar refractivity (Wildman–Crippen MR) is 188 cm³/mol. The Morgan fingerprint density at radius 1 is 0.917 bits per heavy atom. The molecule has 1 spiro atoms. The van der Waals surface area contributed by atoms with Crippen LogP contribution in [0.25, 0.3) is 0 Å². The second-order valence-corrected chi connectivity index (χ2v) is 13.6. The van der Waals surface area contributed by atoms with Gasteiger partial charge >= 0.3 is 0 Å². The van der Waals surface area contributed by atoms with E-state index in [4.69, 9.17) is 4.74 Å². The van der Waals surface area contributed by atoms with Crippen molar-refractivity contribution in [2.45, 2.75) is 63.3 Å². The number of fused-ring (bicyclic) bond motifs is 1. The van der Waals surface area contributed by atoms with Gasteiger partial charge in [0.1, 0.15) is 11.6 Å². The molecule has 1 N–H and O–H groups in total. The number of carbonyl (C=O) groups is 3. The number of aliphatic hydroxyl groups is 1. The number of para-hydroxylation sites is 2. The third-order valence-corrected chi connectivity index (χ3v) is 10.6. The fourth-order valence-corrected chi connectivity index (χ4v) is 8.58. The maximum Gasteiger partial charge on any atom is 0.253 e. The van der Waals surface area contributed by atoms with Crippen molar-refractivity contribution in [3.63, 3.8) is 0 Å². The Kier molecular flexibility index (Phi) is 9.16. The summed E-state index contributed by atoms with van der Waals surface area (Å²) in [7, 11) is 0. The minimum absolute atomic E-state index is 0.215. The summed E-state index contributed by atoms with van der Waals surface area (Å²) in [5.74, 6) is -2.64. The summed E-state index contributed by atoms with van der Waals surface area (Å²) < 4.78 is 6.98. The Bertz CT molecular complexity index is 1690. The first kappa shape index (κ1) is 33.4. The van der Waals surface area contributed by atoms with Crippen molar-refractivity contribution in [1.82, 2.24) is 4.90 Å². The van der Waals surface area contributed by atoms with Gasteiger partial charge in [0.05, 0.1) is 30.1 Å². The Morgan fingerprint density at radius 3 is 2.12 bits per heavy atom. The highest BCUT2D eigenvalue weighted by Gasteiger charge is 2.79. The number of ether oxygens (including phenoxy) is 1. The van der Waals surface area contributed by atoms with Crippen LogP contribution in [0.3, 0.4) is 0 Å². The van der Waals surface area contributed by atoms with E-state index in [1.54, 1.807) is 26.9 Å². The molecule has 3 aromatic rings. The molecule has 0 aromatic heterocycles. The van der Waals surface area contributed by atoms with Gasteiger partial charge in [-0.05, 0) is 68.9 Å². The van der Waals surface area contributed by atoms with Gasteiger partial charge in [0, 0.05) is 24.5 Å². The van der Waals surface area contributed by atoms with Gasteiger partial charge in [0.2, 0.25) is 11.8 Å². The molecule has 8 heteroatoms. The number of benzene rings is 3. The van der Waals surface area contributed by atoms with Gasteiger partial charge in [-0.3, -0.25) is 14.4 Å². The van der Waals surface area contributed by atoms with Crippen molar-refractivity contribution < 1.29 is 24.2 Å². The summed E-state index contributed by atoms with van der Waals surface area (Å²) >= 11 is 0. The molecule has 6 atom stereocenters. The van der Waals surface area contributed by atoms with Crippen LogP contribution in [0.4, 0.5) is 11.4 Å². The van der Waals surface area contributed by atoms with Crippen LogP contribution in [0.5, 0.6) is 0 Å². The third-order valence-electron chi connectivity index (χ3n) is 10.6. The predicted octanol–water partition coefficient (Wildman–Crippen LogP) is 5.41.